The van der Waals surface area contributed by atoms with Gasteiger partial charge in [0.15, 0.2) is 0 Å². The molecule has 1 nitrogen and oxygen atoms in total. The van der Waals surface area contributed by atoms with E-state index in [4.69, 9.17) is 4.74 Å². The first-order valence-electron chi connectivity index (χ1n) is 21.8. The number of ether oxygens (including phenoxy) is 1. The van der Waals surface area contributed by atoms with E-state index in [1.165, 1.54) is 0 Å². The Bertz CT molecular complexity index is 2060. The van der Waals surface area contributed by atoms with Crippen LogP contribution in [0.1, 0.15) is 101 Å². The van der Waals surface area contributed by atoms with Crippen LogP contribution in [0, 0.1) is 6.92 Å². The summed E-state index contributed by atoms with van der Waals surface area (Å²) in [5, 5.41) is 0. The second-order valence-corrected chi connectivity index (χ2v) is 19.5. The minimum Gasteiger partial charge on any atom is -0.493 e. The van der Waals surface area contributed by atoms with E-state index in [0.717, 1.165) is 64.0 Å². The molecule has 0 aliphatic carbocycles. The zero-order chi connectivity index (χ0) is 61.9. The van der Waals surface area contributed by atoms with Crippen molar-refractivity contribution in [1.29, 1.82) is 0 Å². The molecule has 1 aromatic carbocycles. The van der Waals surface area contributed by atoms with Crippen LogP contribution in [0.4, 0.5) is 149 Å². The Morgan fingerprint density at radius 3 is 0.949 bits per heavy atom. The molecule has 1 rings (SSSR count). The van der Waals surface area contributed by atoms with Gasteiger partial charge >= 0.3 is 95.3 Å². The normalized spacial score (nSPS) is 15.4. The number of hydrogen-bond donors (Lipinski definition) is 0. The molecule has 0 amide bonds. The standard InChI is InChI=1S/C41H42F34OS2/c1-3-4-5-6-7-8-9-10-11-12-15-76-25-22(2)18-23(20-77-16-13-26(42,43)28(46,47)30(50,51)32(54,55)34(58,59)36(62,63)38(66,67)40(70,71)72)19-24(25)21-78-17-14-27(44,45)29(48,49)31(52,53)33(56,57)35(60,61)37(64,65)39(68,69)41(73,74)75/h18-19H,3-17,20-21H2,1-2H3. The third-order valence-electron chi connectivity index (χ3n) is 11.4. The number of halogens is 34. The molecule has 0 aromatic heterocycles. The molecule has 37 heteroatoms. The Kier molecular flexibility index (Phi) is 23.2. The van der Waals surface area contributed by atoms with E-state index >= 15 is 0 Å². The van der Waals surface area contributed by atoms with Gasteiger partial charge in [-0.1, -0.05) is 76.8 Å². The van der Waals surface area contributed by atoms with Crippen LogP contribution in [-0.2, 0) is 11.5 Å². The minimum absolute atomic E-state index is 0.101. The van der Waals surface area contributed by atoms with Gasteiger partial charge < -0.3 is 4.74 Å². The molecule has 0 unspecified atom stereocenters. The Hall–Kier alpha value is -2.66. The van der Waals surface area contributed by atoms with Gasteiger partial charge in [0.2, 0.25) is 0 Å². The molecular formula is C41H42F34OS2. The van der Waals surface area contributed by atoms with Crippen molar-refractivity contribution < 1.29 is 154 Å². The average molecular weight is 1260 g/mol. The maximum Gasteiger partial charge on any atom is 0.460 e. The fourth-order valence-electron chi connectivity index (χ4n) is 6.57. The predicted octanol–water partition coefficient (Wildman–Crippen LogP) is 19.6. The first kappa shape index (κ1) is 73.4. The second-order valence-electron chi connectivity index (χ2n) is 17.3. The molecule has 0 spiro atoms. The van der Waals surface area contributed by atoms with Gasteiger partial charge in [-0.3, -0.25) is 0 Å². The maximum atomic E-state index is 14.6. The molecule has 0 N–H and O–H groups in total. The highest BCUT2D eigenvalue weighted by atomic mass is 32.2. The Labute approximate surface area is 427 Å². The zero-order valence-electron chi connectivity index (χ0n) is 39.3. The van der Waals surface area contributed by atoms with E-state index in [2.05, 4.69) is 0 Å². The van der Waals surface area contributed by atoms with Crippen molar-refractivity contribution >= 4 is 23.5 Å². The van der Waals surface area contributed by atoms with E-state index in [9.17, 15) is 149 Å². The topological polar surface area (TPSA) is 9.23 Å². The number of hydrogen-bond acceptors (Lipinski definition) is 3. The summed E-state index contributed by atoms with van der Waals surface area (Å²) < 4.78 is 471. The molecule has 0 bridgehead atoms. The van der Waals surface area contributed by atoms with Gasteiger partial charge in [0.1, 0.15) is 5.75 Å². The first-order chi connectivity index (χ1) is 34.5. The highest BCUT2D eigenvalue weighted by Crippen LogP contribution is 2.66. The second kappa shape index (κ2) is 24.7. The summed E-state index contributed by atoms with van der Waals surface area (Å²) in [6, 6.07) is 1.85. The van der Waals surface area contributed by atoms with Crippen LogP contribution in [0.15, 0.2) is 12.1 Å². The van der Waals surface area contributed by atoms with Crippen molar-refractivity contribution in [3.63, 3.8) is 0 Å². The molecule has 78 heavy (non-hydrogen) atoms. The molecule has 0 atom stereocenters. The Morgan fingerprint density at radius 2 is 0.628 bits per heavy atom. The zero-order valence-corrected chi connectivity index (χ0v) is 40.9. The maximum absolute atomic E-state index is 14.6. The third kappa shape index (κ3) is 13.5. The number of thioether (sulfide) groups is 2. The van der Waals surface area contributed by atoms with E-state index in [0.29, 0.717) is 12.8 Å². The smallest absolute Gasteiger partial charge is 0.460 e. The van der Waals surface area contributed by atoms with Crippen LogP contribution in [0.3, 0.4) is 0 Å². The lowest BCUT2D eigenvalue weighted by molar-refractivity contribution is -0.461. The molecule has 0 saturated carbocycles. The molecule has 0 saturated heterocycles. The summed E-state index contributed by atoms with van der Waals surface area (Å²) in [4.78, 5) is 0. The third-order valence-corrected chi connectivity index (χ3v) is 13.4. The van der Waals surface area contributed by atoms with Crippen molar-refractivity contribution in [2.45, 2.75) is 198 Å². The predicted molar refractivity (Wildman–Crippen MR) is 211 cm³/mol. The van der Waals surface area contributed by atoms with Gasteiger partial charge in [-0.25, -0.2) is 0 Å². The highest BCUT2D eigenvalue weighted by molar-refractivity contribution is 7.98. The number of aryl methyl sites for hydroxylation is 1. The fourth-order valence-corrected chi connectivity index (χ4v) is 8.50. The van der Waals surface area contributed by atoms with Crippen LogP contribution in [0.5, 0.6) is 5.75 Å². The molecule has 462 valence electrons. The summed E-state index contributed by atoms with van der Waals surface area (Å²) in [5.41, 5.74) is -0.753. The van der Waals surface area contributed by atoms with Crippen LogP contribution in [-0.4, -0.2) is 113 Å². The summed E-state index contributed by atoms with van der Waals surface area (Å²) >= 11 is -0.230. The number of benzene rings is 1. The van der Waals surface area contributed by atoms with Crippen molar-refractivity contribution in [3.8, 4) is 5.75 Å². The SMILES string of the molecule is CCCCCCCCCCCCOc1c(C)cc(CSCCC(F)(F)C(F)(F)C(F)(F)C(F)(F)C(F)(F)C(F)(F)C(F)(F)C(F)(F)F)cc1CSCCC(F)(F)C(F)(F)C(F)(F)C(F)(F)C(F)(F)C(F)(F)C(F)(F)C(F)(F)F. The van der Waals surface area contributed by atoms with Crippen LogP contribution < -0.4 is 4.74 Å². The molecular weight excluding hydrogens is 1220 g/mol. The largest absolute Gasteiger partial charge is 0.493 e. The van der Waals surface area contributed by atoms with Crippen LogP contribution in [0.25, 0.3) is 0 Å². The quantitative estimate of drug-likeness (QED) is 0.0503. The van der Waals surface area contributed by atoms with E-state index in [1.807, 2.05) is 6.92 Å². The lowest BCUT2D eigenvalue weighted by Crippen LogP contribution is -2.74. The van der Waals surface area contributed by atoms with Gasteiger partial charge in [-0.05, 0) is 36.0 Å². The van der Waals surface area contributed by atoms with Crippen LogP contribution >= 0.6 is 23.5 Å². The summed E-state index contributed by atoms with van der Waals surface area (Å²) in [6.07, 6.45) is -13.9. The van der Waals surface area contributed by atoms with E-state index < -0.39 is 131 Å². The van der Waals surface area contributed by atoms with E-state index in [1.54, 1.807) is 0 Å². The number of unbranched alkanes of at least 4 members (excludes halogenated alkanes) is 9. The number of rotatable bonds is 34. The average Bonchev–Trinajstić information content (AvgIpc) is 3.27. The minimum atomic E-state index is -8.88. The summed E-state index contributed by atoms with van der Waals surface area (Å²) in [6.45, 7) is 2.89. The Morgan fingerprint density at radius 1 is 0.346 bits per heavy atom. The van der Waals surface area contributed by atoms with Crippen molar-refractivity contribution in [2.75, 3.05) is 18.1 Å². The highest BCUT2D eigenvalue weighted by Gasteiger charge is 2.97. The van der Waals surface area contributed by atoms with Gasteiger partial charge in [0, 0.05) is 29.9 Å². The summed E-state index contributed by atoms with van der Waals surface area (Å²) in [7, 11) is 0. The van der Waals surface area contributed by atoms with E-state index in [-0.39, 0.29) is 59.0 Å². The van der Waals surface area contributed by atoms with Crippen LogP contribution in [0.2, 0.25) is 0 Å². The monoisotopic (exact) mass is 1260 g/mol. The molecule has 0 fully saturated rings. The lowest BCUT2D eigenvalue weighted by atomic mass is 9.88. The van der Waals surface area contributed by atoms with Gasteiger partial charge in [0.05, 0.1) is 6.61 Å². The molecule has 1 aromatic rings. The molecule has 0 radical (unpaired) electrons. The van der Waals surface area contributed by atoms with Crippen molar-refractivity contribution in [3.05, 3.63) is 28.8 Å². The Balaban J connectivity index is 3.47. The van der Waals surface area contributed by atoms with Crippen molar-refractivity contribution in [2.24, 2.45) is 0 Å². The van der Waals surface area contributed by atoms with Gasteiger partial charge in [0.25, 0.3) is 0 Å². The first-order valence-corrected chi connectivity index (χ1v) is 24.2. The molecule has 0 aliphatic rings. The van der Waals surface area contributed by atoms with Crippen molar-refractivity contribution in [1.82, 2.24) is 0 Å². The number of alkyl halides is 34. The lowest BCUT2D eigenvalue weighted by Gasteiger charge is -2.42. The van der Waals surface area contributed by atoms with Gasteiger partial charge in [-0.15, -0.1) is 0 Å². The molecule has 0 aliphatic heterocycles. The fraction of sp³-hybridized carbons (Fsp3) is 0.854. The molecule has 0 heterocycles. The van der Waals surface area contributed by atoms with Gasteiger partial charge in [-0.2, -0.15) is 173 Å². The summed E-state index contributed by atoms with van der Waals surface area (Å²) in [5.74, 6) is -122.